The first-order chi connectivity index (χ1) is 9.88. The van der Waals surface area contributed by atoms with E-state index in [0.717, 1.165) is 22.9 Å². The molecule has 1 atom stereocenters. The first-order valence-electron chi connectivity index (χ1n) is 5.72. The highest BCUT2D eigenvalue weighted by molar-refractivity contribution is 5.73. The van der Waals surface area contributed by atoms with Crippen LogP contribution in [0.4, 0.5) is 10.1 Å². The van der Waals surface area contributed by atoms with E-state index in [1.807, 2.05) is 0 Å². The molecule has 10 heteroatoms. The molecule has 0 amide bonds. The smallest absolute Gasteiger partial charge is 0.320 e. The van der Waals surface area contributed by atoms with Gasteiger partial charge in [0, 0.05) is 18.6 Å². The number of nitrogens with two attached hydrogens (primary N) is 1. The number of hydrogen-bond donors (Lipinski definition) is 2. The fourth-order valence-electron chi connectivity index (χ4n) is 1.61. The van der Waals surface area contributed by atoms with Gasteiger partial charge in [0.2, 0.25) is 0 Å². The summed E-state index contributed by atoms with van der Waals surface area (Å²) in [5, 5.41) is 26.7. The van der Waals surface area contributed by atoms with Crippen LogP contribution >= 0.6 is 0 Å². The van der Waals surface area contributed by atoms with Crippen LogP contribution in [0.2, 0.25) is 0 Å². The lowest BCUT2D eigenvalue weighted by Gasteiger charge is -2.02. The van der Waals surface area contributed by atoms with Crippen LogP contribution in [0.1, 0.15) is 5.69 Å². The minimum atomic E-state index is -1.20. The van der Waals surface area contributed by atoms with Crippen molar-refractivity contribution < 1.29 is 19.2 Å². The van der Waals surface area contributed by atoms with Crippen LogP contribution in [0.5, 0.6) is 0 Å². The SMILES string of the molecule is NC(Cc1cn(-c2cc([N+](=O)[O-])ccc2F)nn1)C(=O)O. The highest BCUT2D eigenvalue weighted by Crippen LogP contribution is 2.19. The number of nitro groups is 1. The summed E-state index contributed by atoms with van der Waals surface area (Å²) in [7, 11) is 0. The molecule has 0 saturated heterocycles. The molecule has 1 aromatic carbocycles. The van der Waals surface area contributed by atoms with E-state index in [-0.39, 0.29) is 23.5 Å². The summed E-state index contributed by atoms with van der Waals surface area (Å²) < 4.78 is 14.7. The molecule has 0 spiro atoms. The Balaban J connectivity index is 2.31. The molecule has 21 heavy (non-hydrogen) atoms. The number of hydrogen-bond acceptors (Lipinski definition) is 6. The Morgan fingerprint density at radius 3 is 2.90 bits per heavy atom. The first-order valence-corrected chi connectivity index (χ1v) is 5.72. The van der Waals surface area contributed by atoms with E-state index >= 15 is 0 Å². The molecule has 0 aliphatic heterocycles. The number of aliphatic carboxylic acids is 1. The summed E-state index contributed by atoms with van der Waals surface area (Å²) in [4.78, 5) is 20.7. The van der Waals surface area contributed by atoms with Gasteiger partial charge in [-0.15, -0.1) is 5.10 Å². The maximum atomic E-state index is 13.7. The Labute approximate surface area is 116 Å². The van der Waals surface area contributed by atoms with E-state index in [0.29, 0.717) is 0 Å². The van der Waals surface area contributed by atoms with Gasteiger partial charge in [0.25, 0.3) is 5.69 Å². The largest absolute Gasteiger partial charge is 0.480 e. The third kappa shape index (κ3) is 3.17. The van der Waals surface area contributed by atoms with E-state index in [2.05, 4.69) is 10.3 Å². The molecule has 0 aliphatic carbocycles. The summed E-state index contributed by atoms with van der Waals surface area (Å²) in [6.45, 7) is 0. The molecule has 0 saturated carbocycles. The summed E-state index contributed by atoms with van der Waals surface area (Å²) >= 11 is 0. The van der Waals surface area contributed by atoms with Crippen molar-refractivity contribution in [3.63, 3.8) is 0 Å². The van der Waals surface area contributed by atoms with E-state index in [1.54, 1.807) is 0 Å². The Morgan fingerprint density at radius 1 is 1.57 bits per heavy atom. The summed E-state index contributed by atoms with van der Waals surface area (Å²) in [6.07, 6.45) is 1.18. The number of non-ortho nitro benzene ring substituents is 1. The van der Waals surface area contributed by atoms with E-state index < -0.39 is 22.8 Å². The molecule has 0 aliphatic rings. The van der Waals surface area contributed by atoms with Crippen molar-refractivity contribution >= 4 is 11.7 Å². The van der Waals surface area contributed by atoms with Gasteiger partial charge in [-0.3, -0.25) is 14.9 Å². The molecule has 2 aromatic rings. The summed E-state index contributed by atoms with van der Waals surface area (Å²) in [6, 6.07) is 1.81. The minimum Gasteiger partial charge on any atom is -0.480 e. The lowest BCUT2D eigenvalue weighted by molar-refractivity contribution is -0.384. The van der Waals surface area contributed by atoms with Gasteiger partial charge in [0.1, 0.15) is 17.5 Å². The molecule has 110 valence electrons. The van der Waals surface area contributed by atoms with Crippen molar-refractivity contribution in [2.24, 2.45) is 5.73 Å². The average molecular weight is 295 g/mol. The van der Waals surface area contributed by atoms with Gasteiger partial charge in [0.15, 0.2) is 0 Å². The number of halogens is 1. The van der Waals surface area contributed by atoms with Gasteiger partial charge in [-0.25, -0.2) is 9.07 Å². The number of carboxylic acid groups (broad SMARTS) is 1. The molecule has 0 fully saturated rings. The van der Waals surface area contributed by atoms with Crippen LogP contribution in [0, 0.1) is 15.9 Å². The highest BCUT2D eigenvalue weighted by atomic mass is 19.1. The Morgan fingerprint density at radius 2 is 2.29 bits per heavy atom. The van der Waals surface area contributed by atoms with Crippen LogP contribution in [-0.4, -0.2) is 37.0 Å². The summed E-state index contributed by atoms with van der Waals surface area (Å²) in [5.41, 5.74) is 5.12. The number of rotatable bonds is 5. The van der Waals surface area contributed by atoms with E-state index in [4.69, 9.17) is 10.8 Å². The zero-order valence-electron chi connectivity index (χ0n) is 10.5. The second-order valence-corrected chi connectivity index (χ2v) is 4.20. The first kappa shape index (κ1) is 14.5. The second-order valence-electron chi connectivity index (χ2n) is 4.20. The maximum Gasteiger partial charge on any atom is 0.320 e. The van der Waals surface area contributed by atoms with Crippen LogP contribution in [0.25, 0.3) is 5.69 Å². The Kier molecular flexibility index (Phi) is 3.89. The Hall–Kier alpha value is -2.88. The molecule has 9 nitrogen and oxygen atoms in total. The number of carbonyl (C=O) groups is 1. The third-order valence-corrected chi connectivity index (χ3v) is 2.67. The van der Waals surface area contributed by atoms with Gasteiger partial charge >= 0.3 is 5.97 Å². The molecular weight excluding hydrogens is 285 g/mol. The number of nitro benzene ring substituents is 1. The van der Waals surface area contributed by atoms with Crippen molar-refractivity contribution in [3.05, 3.63) is 46.0 Å². The predicted octanol–water partition coefficient (Wildman–Crippen LogP) is 0.269. The zero-order chi connectivity index (χ0) is 15.6. The fraction of sp³-hybridized carbons (Fsp3) is 0.182. The zero-order valence-corrected chi connectivity index (χ0v) is 10.5. The van der Waals surface area contributed by atoms with Crippen molar-refractivity contribution in [2.45, 2.75) is 12.5 Å². The standard InChI is InChI=1S/C11H10FN5O4/c12-8-2-1-7(17(20)21)4-10(8)16-5-6(14-15-16)3-9(13)11(18)19/h1-2,4-5,9H,3,13H2,(H,18,19). The second kappa shape index (κ2) is 5.63. The van der Waals surface area contributed by atoms with Crippen molar-refractivity contribution in [3.8, 4) is 5.69 Å². The molecule has 2 rings (SSSR count). The van der Waals surface area contributed by atoms with E-state index in [1.165, 1.54) is 6.20 Å². The number of carboxylic acids is 1. The van der Waals surface area contributed by atoms with Crippen molar-refractivity contribution in [1.82, 2.24) is 15.0 Å². The van der Waals surface area contributed by atoms with Crippen LogP contribution in [0.15, 0.2) is 24.4 Å². The quantitative estimate of drug-likeness (QED) is 0.596. The third-order valence-electron chi connectivity index (χ3n) is 2.67. The molecule has 0 radical (unpaired) electrons. The normalized spacial score (nSPS) is 12.1. The van der Waals surface area contributed by atoms with Crippen LogP contribution in [0.3, 0.4) is 0 Å². The number of aromatic nitrogens is 3. The Bertz CT molecular complexity index is 702. The molecule has 3 N–H and O–H groups in total. The maximum absolute atomic E-state index is 13.7. The highest BCUT2D eigenvalue weighted by Gasteiger charge is 2.17. The monoisotopic (exact) mass is 295 g/mol. The van der Waals surface area contributed by atoms with Gasteiger partial charge in [-0.2, -0.15) is 0 Å². The number of nitrogens with zero attached hydrogens (tertiary/aromatic N) is 4. The lowest BCUT2D eigenvalue weighted by atomic mass is 10.2. The molecule has 1 aromatic heterocycles. The number of benzene rings is 1. The minimum absolute atomic E-state index is 0.0914. The van der Waals surface area contributed by atoms with Gasteiger partial charge in [-0.1, -0.05) is 5.21 Å². The molecular formula is C11H10FN5O4. The van der Waals surface area contributed by atoms with Crippen molar-refractivity contribution in [1.29, 1.82) is 0 Å². The van der Waals surface area contributed by atoms with Crippen molar-refractivity contribution in [2.75, 3.05) is 0 Å². The topological polar surface area (TPSA) is 137 Å². The van der Waals surface area contributed by atoms with E-state index in [9.17, 15) is 19.3 Å². The fourth-order valence-corrected chi connectivity index (χ4v) is 1.61. The average Bonchev–Trinajstić information content (AvgIpc) is 2.87. The van der Waals surface area contributed by atoms with Gasteiger partial charge < -0.3 is 10.8 Å². The molecule has 0 bridgehead atoms. The predicted molar refractivity (Wildman–Crippen MR) is 67.3 cm³/mol. The molecule has 1 heterocycles. The van der Waals surface area contributed by atoms with Crippen LogP contribution < -0.4 is 5.73 Å². The molecule has 1 unspecified atom stereocenters. The van der Waals surface area contributed by atoms with Gasteiger partial charge in [0.05, 0.1) is 16.8 Å². The van der Waals surface area contributed by atoms with Gasteiger partial charge in [-0.05, 0) is 6.07 Å². The summed E-state index contributed by atoms with van der Waals surface area (Å²) in [5.74, 6) is -1.93. The van der Waals surface area contributed by atoms with Crippen LogP contribution in [-0.2, 0) is 11.2 Å². The lowest BCUT2D eigenvalue weighted by Crippen LogP contribution is -2.32.